The third-order valence-electron chi connectivity index (χ3n) is 3.10. The fourth-order valence-corrected chi connectivity index (χ4v) is 1.94. The number of amides is 1. The van der Waals surface area contributed by atoms with E-state index in [1.54, 1.807) is 36.5 Å². The van der Waals surface area contributed by atoms with Gasteiger partial charge in [0.15, 0.2) is 0 Å². The van der Waals surface area contributed by atoms with Crippen LogP contribution in [0, 0.1) is 0 Å². The fraction of sp³-hybridized carbons (Fsp3) is 0.235. The Hall–Kier alpha value is -2.89. The molecule has 1 aromatic heterocycles. The molecule has 2 N–H and O–H groups in total. The van der Waals surface area contributed by atoms with Crippen LogP contribution in [0.2, 0.25) is 0 Å². The van der Waals surface area contributed by atoms with Crippen molar-refractivity contribution >= 4 is 23.3 Å². The summed E-state index contributed by atoms with van der Waals surface area (Å²) in [6, 6.07) is 10.4. The Bertz CT molecular complexity index is 684. The molecule has 1 aromatic carbocycles. The minimum atomic E-state index is -0.394. The number of pyridine rings is 1. The summed E-state index contributed by atoms with van der Waals surface area (Å²) >= 11 is 0. The molecule has 0 spiro atoms. The van der Waals surface area contributed by atoms with Crippen molar-refractivity contribution in [2.45, 2.75) is 13.3 Å². The van der Waals surface area contributed by atoms with Crippen LogP contribution in [0.3, 0.4) is 0 Å². The summed E-state index contributed by atoms with van der Waals surface area (Å²) in [6.07, 6.45) is 2.45. The number of rotatable bonds is 6. The first kappa shape index (κ1) is 16.5. The first-order valence-electron chi connectivity index (χ1n) is 7.33. The van der Waals surface area contributed by atoms with Gasteiger partial charge in [-0.15, -0.1) is 0 Å². The zero-order valence-electron chi connectivity index (χ0n) is 13.1. The Kier molecular flexibility index (Phi) is 5.68. The summed E-state index contributed by atoms with van der Waals surface area (Å²) in [5, 5.41) is 5.90. The van der Waals surface area contributed by atoms with E-state index < -0.39 is 5.97 Å². The Morgan fingerprint density at radius 2 is 2.00 bits per heavy atom. The first-order chi connectivity index (χ1) is 11.1. The molecule has 0 aliphatic heterocycles. The van der Waals surface area contributed by atoms with Crippen LogP contribution < -0.4 is 10.6 Å². The number of benzene rings is 1. The molecule has 0 atom stereocenters. The molecule has 0 aliphatic carbocycles. The second kappa shape index (κ2) is 7.93. The second-order valence-corrected chi connectivity index (χ2v) is 4.89. The average molecular weight is 313 g/mol. The number of methoxy groups -OCH3 is 1. The van der Waals surface area contributed by atoms with Crippen LogP contribution in [0.15, 0.2) is 42.6 Å². The lowest BCUT2D eigenvalue weighted by atomic mass is 10.2. The van der Waals surface area contributed by atoms with Crippen LogP contribution in [0.5, 0.6) is 0 Å². The van der Waals surface area contributed by atoms with Gasteiger partial charge in [-0.05, 0) is 36.8 Å². The van der Waals surface area contributed by atoms with Gasteiger partial charge in [0.1, 0.15) is 5.69 Å². The number of ether oxygens (including phenoxy) is 1. The second-order valence-electron chi connectivity index (χ2n) is 4.89. The molecule has 0 bridgehead atoms. The quantitative estimate of drug-likeness (QED) is 0.802. The van der Waals surface area contributed by atoms with Gasteiger partial charge in [0.2, 0.25) is 0 Å². The van der Waals surface area contributed by atoms with E-state index in [4.69, 9.17) is 4.74 Å². The molecular formula is C17H19N3O3. The molecule has 6 heteroatoms. The van der Waals surface area contributed by atoms with E-state index >= 15 is 0 Å². The highest BCUT2D eigenvalue weighted by molar-refractivity contribution is 5.92. The predicted octanol–water partition coefficient (Wildman–Crippen LogP) is 2.75. The van der Waals surface area contributed by atoms with Crippen molar-refractivity contribution in [2.75, 3.05) is 19.0 Å². The Balaban J connectivity index is 2.06. The maximum atomic E-state index is 11.8. The predicted molar refractivity (Wildman–Crippen MR) is 87.9 cm³/mol. The highest BCUT2D eigenvalue weighted by Crippen LogP contribution is 2.17. The van der Waals surface area contributed by atoms with Crippen LogP contribution in [0.4, 0.5) is 11.4 Å². The lowest BCUT2D eigenvalue weighted by Crippen LogP contribution is -2.24. The smallest absolute Gasteiger partial charge is 0.337 e. The molecule has 1 heterocycles. The molecule has 120 valence electrons. The van der Waals surface area contributed by atoms with E-state index in [2.05, 4.69) is 15.6 Å². The summed E-state index contributed by atoms with van der Waals surface area (Å²) in [5.74, 6) is -0.583. The van der Waals surface area contributed by atoms with Crippen LogP contribution in [0.25, 0.3) is 0 Å². The summed E-state index contributed by atoms with van der Waals surface area (Å²) in [5.41, 5.74) is 2.28. The zero-order chi connectivity index (χ0) is 16.7. The number of carbonyl (C=O) groups is 2. The van der Waals surface area contributed by atoms with E-state index in [0.29, 0.717) is 17.8 Å². The van der Waals surface area contributed by atoms with Gasteiger partial charge >= 0.3 is 5.97 Å². The lowest BCUT2D eigenvalue weighted by Gasteiger charge is -2.08. The highest BCUT2D eigenvalue weighted by atomic mass is 16.5. The SMILES string of the molecule is CCCNC(=O)c1ccc(Nc2cccc(C(=O)OC)c2)cn1. The van der Waals surface area contributed by atoms with E-state index in [1.165, 1.54) is 7.11 Å². The van der Waals surface area contributed by atoms with Crippen molar-refractivity contribution in [3.8, 4) is 0 Å². The van der Waals surface area contributed by atoms with Crippen LogP contribution >= 0.6 is 0 Å². The summed E-state index contributed by atoms with van der Waals surface area (Å²) in [4.78, 5) is 27.4. The third kappa shape index (κ3) is 4.54. The van der Waals surface area contributed by atoms with Crippen LogP contribution in [-0.2, 0) is 4.74 Å². The largest absolute Gasteiger partial charge is 0.465 e. The number of anilines is 2. The van der Waals surface area contributed by atoms with E-state index in [9.17, 15) is 9.59 Å². The van der Waals surface area contributed by atoms with E-state index in [0.717, 1.165) is 17.8 Å². The number of hydrogen-bond donors (Lipinski definition) is 2. The van der Waals surface area contributed by atoms with Crippen molar-refractivity contribution in [3.63, 3.8) is 0 Å². The van der Waals surface area contributed by atoms with E-state index in [-0.39, 0.29) is 5.91 Å². The van der Waals surface area contributed by atoms with E-state index in [1.807, 2.05) is 13.0 Å². The molecule has 0 saturated heterocycles. The van der Waals surface area contributed by atoms with Gasteiger partial charge in [-0.2, -0.15) is 0 Å². The number of esters is 1. The van der Waals surface area contributed by atoms with Crippen LogP contribution in [-0.4, -0.2) is 30.5 Å². The van der Waals surface area contributed by atoms with Gasteiger partial charge in [-0.1, -0.05) is 13.0 Å². The van der Waals surface area contributed by atoms with Crippen molar-refractivity contribution in [2.24, 2.45) is 0 Å². The van der Waals surface area contributed by atoms with Crippen molar-refractivity contribution < 1.29 is 14.3 Å². The summed E-state index contributed by atoms with van der Waals surface area (Å²) in [7, 11) is 1.34. The van der Waals surface area contributed by atoms with Gasteiger partial charge in [0.25, 0.3) is 5.91 Å². The summed E-state index contributed by atoms with van der Waals surface area (Å²) < 4.78 is 4.69. The Morgan fingerprint density at radius 1 is 1.17 bits per heavy atom. The summed E-state index contributed by atoms with van der Waals surface area (Å²) in [6.45, 7) is 2.62. The minimum absolute atomic E-state index is 0.189. The molecule has 1 amide bonds. The topological polar surface area (TPSA) is 80.3 Å². The zero-order valence-corrected chi connectivity index (χ0v) is 13.1. The number of nitrogens with one attached hydrogen (secondary N) is 2. The minimum Gasteiger partial charge on any atom is -0.465 e. The van der Waals surface area contributed by atoms with Gasteiger partial charge in [-0.3, -0.25) is 4.79 Å². The Labute approximate surface area is 134 Å². The molecule has 0 radical (unpaired) electrons. The normalized spacial score (nSPS) is 10.0. The average Bonchev–Trinajstić information content (AvgIpc) is 2.59. The highest BCUT2D eigenvalue weighted by Gasteiger charge is 2.07. The lowest BCUT2D eigenvalue weighted by molar-refractivity contribution is 0.0600. The number of carbonyl (C=O) groups excluding carboxylic acids is 2. The van der Waals surface area contributed by atoms with Gasteiger partial charge in [0, 0.05) is 12.2 Å². The standard InChI is InChI=1S/C17H19N3O3/c1-3-9-18-16(21)15-8-7-14(11-19-15)20-13-6-4-5-12(10-13)17(22)23-2/h4-8,10-11,20H,3,9H2,1-2H3,(H,18,21). The maximum Gasteiger partial charge on any atom is 0.337 e. The number of hydrogen-bond acceptors (Lipinski definition) is 5. The molecule has 0 unspecified atom stereocenters. The molecule has 0 aliphatic rings. The van der Waals surface area contributed by atoms with Gasteiger partial charge in [-0.25, -0.2) is 9.78 Å². The molecule has 2 rings (SSSR count). The molecule has 0 saturated carbocycles. The molecule has 2 aromatic rings. The Morgan fingerprint density at radius 3 is 2.65 bits per heavy atom. The third-order valence-corrected chi connectivity index (χ3v) is 3.10. The monoisotopic (exact) mass is 313 g/mol. The van der Waals surface area contributed by atoms with Crippen molar-refractivity contribution in [1.82, 2.24) is 10.3 Å². The molecular weight excluding hydrogens is 294 g/mol. The van der Waals surface area contributed by atoms with Crippen LogP contribution in [0.1, 0.15) is 34.2 Å². The molecule has 23 heavy (non-hydrogen) atoms. The first-order valence-corrected chi connectivity index (χ1v) is 7.33. The number of aromatic nitrogens is 1. The van der Waals surface area contributed by atoms with Gasteiger partial charge < -0.3 is 15.4 Å². The number of nitrogens with zero attached hydrogens (tertiary/aromatic N) is 1. The fourth-order valence-electron chi connectivity index (χ4n) is 1.94. The van der Waals surface area contributed by atoms with Crippen molar-refractivity contribution in [1.29, 1.82) is 0 Å². The molecule has 6 nitrogen and oxygen atoms in total. The maximum absolute atomic E-state index is 11.8. The molecule has 0 fully saturated rings. The van der Waals surface area contributed by atoms with Crippen molar-refractivity contribution in [3.05, 3.63) is 53.9 Å². The van der Waals surface area contributed by atoms with Gasteiger partial charge in [0.05, 0.1) is 24.6 Å².